The van der Waals surface area contributed by atoms with Gasteiger partial charge in [0.15, 0.2) is 0 Å². The second-order valence-corrected chi connectivity index (χ2v) is 7.43. The lowest BCUT2D eigenvalue weighted by atomic mass is 10.1. The summed E-state index contributed by atoms with van der Waals surface area (Å²) in [5.74, 6) is 2.77. The van der Waals surface area contributed by atoms with E-state index in [4.69, 9.17) is 4.84 Å². The number of aromatic amines is 1. The van der Waals surface area contributed by atoms with Crippen LogP contribution in [0.3, 0.4) is 0 Å². The van der Waals surface area contributed by atoms with E-state index in [1.165, 1.54) is 5.71 Å². The first-order valence-electron chi connectivity index (χ1n) is 8.21. The highest BCUT2D eigenvalue weighted by molar-refractivity contribution is 5.97. The molecule has 22 heavy (non-hydrogen) atoms. The van der Waals surface area contributed by atoms with Crippen LogP contribution in [0.2, 0.25) is 0 Å². The summed E-state index contributed by atoms with van der Waals surface area (Å²) in [6.45, 7) is 5.86. The molecule has 1 aromatic heterocycles. The van der Waals surface area contributed by atoms with Crippen molar-refractivity contribution in [1.29, 1.82) is 0 Å². The molecule has 0 radical (unpaired) electrons. The van der Waals surface area contributed by atoms with E-state index in [1.807, 2.05) is 11.0 Å². The second kappa shape index (κ2) is 4.12. The summed E-state index contributed by atoms with van der Waals surface area (Å²) in [7, 11) is 0. The minimum Gasteiger partial charge on any atom is -0.392 e. The molecule has 116 valence electrons. The Morgan fingerprint density at radius 2 is 2.18 bits per heavy atom. The molecule has 2 aliphatic carbocycles. The molecule has 1 amide bonds. The molecule has 0 spiro atoms. The maximum atomic E-state index is 12.5. The molecule has 0 aromatic carbocycles. The van der Waals surface area contributed by atoms with Gasteiger partial charge in [-0.15, -0.1) is 0 Å². The van der Waals surface area contributed by atoms with Gasteiger partial charge < -0.3 is 9.74 Å². The molecule has 3 fully saturated rings. The van der Waals surface area contributed by atoms with Gasteiger partial charge in [0.1, 0.15) is 11.8 Å². The van der Waals surface area contributed by atoms with Gasteiger partial charge in [0.25, 0.3) is 5.91 Å². The number of nitrogens with one attached hydrogen (secondary N) is 1. The Bertz CT molecular complexity index is 667. The Labute approximate surface area is 128 Å². The first kappa shape index (κ1) is 12.7. The van der Waals surface area contributed by atoms with Gasteiger partial charge in [-0.25, -0.2) is 0 Å². The first-order valence-corrected chi connectivity index (χ1v) is 8.21. The van der Waals surface area contributed by atoms with E-state index in [0.29, 0.717) is 41.4 Å². The summed E-state index contributed by atoms with van der Waals surface area (Å²) in [4.78, 5) is 19.9. The number of carbonyl (C=O) groups excluding carboxylic acids is 1. The fourth-order valence-corrected chi connectivity index (χ4v) is 4.14. The van der Waals surface area contributed by atoms with Crippen LogP contribution in [0.4, 0.5) is 0 Å². The van der Waals surface area contributed by atoms with Crippen molar-refractivity contribution in [2.45, 2.75) is 32.3 Å². The van der Waals surface area contributed by atoms with Gasteiger partial charge in [0.05, 0.1) is 5.71 Å². The number of hydrogen-bond donors (Lipinski definition) is 1. The summed E-state index contributed by atoms with van der Waals surface area (Å²) in [6, 6.07) is 1.89. The van der Waals surface area contributed by atoms with Crippen LogP contribution in [-0.2, 0) is 4.84 Å². The number of amides is 1. The summed E-state index contributed by atoms with van der Waals surface area (Å²) >= 11 is 0. The van der Waals surface area contributed by atoms with E-state index in [0.717, 1.165) is 25.2 Å². The number of likely N-dealkylation sites (tertiary alicyclic amines) is 1. The predicted octanol–water partition coefficient (Wildman–Crippen LogP) is 1.63. The third kappa shape index (κ3) is 1.69. The molecule has 0 bridgehead atoms. The van der Waals surface area contributed by atoms with Crippen molar-refractivity contribution in [2.75, 3.05) is 13.1 Å². The summed E-state index contributed by atoms with van der Waals surface area (Å²) in [5, 5.41) is 11.4. The number of piperidine rings is 1. The molecule has 5 rings (SSSR count). The van der Waals surface area contributed by atoms with Crippen molar-refractivity contribution in [2.24, 2.45) is 28.8 Å². The highest BCUT2D eigenvalue weighted by atomic mass is 16.7. The van der Waals surface area contributed by atoms with Crippen molar-refractivity contribution in [1.82, 2.24) is 15.1 Å². The largest absolute Gasteiger partial charge is 0.392 e. The molecule has 1 saturated heterocycles. The molecule has 3 heterocycles. The number of carbonyl (C=O) groups is 1. The lowest BCUT2D eigenvalue weighted by molar-refractivity contribution is 0.0766. The van der Waals surface area contributed by atoms with Crippen LogP contribution in [-0.4, -0.2) is 45.9 Å². The van der Waals surface area contributed by atoms with E-state index in [-0.39, 0.29) is 5.91 Å². The number of oxime groups is 1. The molecule has 4 aliphatic rings. The van der Waals surface area contributed by atoms with Crippen LogP contribution in [0.25, 0.3) is 0 Å². The van der Waals surface area contributed by atoms with Gasteiger partial charge in [-0.3, -0.25) is 9.89 Å². The summed E-state index contributed by atoms with van der Waals surface area (Å²) in [5.41, 5.74) is 2.85. The van der Waals surface area contributed by atoms with Gasteiger partial charge in [0, 0.05) is 30.6 Å². The molecule has 1 aromatic rings. The minimum absolute atomic E-state index is 0.0583. The molecule has 5 atom stereocenters. The average molecular weight is 300 g/mol. The van der Waals surface area contributed by atoms with Crippen molar-refractivity contribution < 1.29 is 9.63 Å². The number of aromatic nitrogens is 2. The van der Waals surface area contributed by atoms with Gasteiger partial charge >= 0.3 is 0 Å². The van der Waals surface area contributed by atoms with Crippen LogP contribution < -0.4 is 0 Å². The van der Waals surface area contributed by atoms with Gasteiger partial charge in [-0.2, -0.15) is 5.10 Å². The Kier molecular flexibility index (Phi) is 2.37. The monoisotopic (exact) mass is 300 g/mol. The van der Waals surface area contributed by atoms with Gasteiger partial charge in [-0.1, -0.05) is 19.0 Å². The minimum atomic E-state index is 0.0583. The summed E-state index contributed by atoms with van der Waals surface area (Å²) in [6.07, 6.45) is 1.54. The standard InChI is InChI=1S/C16H20N4O2/c1-7(2)11-4-12(18-17-11)16(21)20-5-9-10(6-20)14(9)15-8-3-13(8)22-19-15/h4,7-10,13-14H,3,5-6H2,1-2H3,(H,17,18)/t8-,9-,10+,13+,14?/m1/s1. The Hall–Kier alpha value is -1.85. The van der Waals surface area contributed by atoms with E-state index < -0.39 is 0 Å². The molecule has 6 heteroatoms. The number of hydrogen-bond acceptors (Lipinski definition) is 4. The molecule has 6 nitrogen and oxygen atoms in total. The topological polar surface area (TPSA) is 70.6 Å². The smallest absolute Gasteiger partial charge is 0.274 e. The van der Waals surface area contributed by atoms with Crippen LogP contribution in [0.5, 0.6) is 0 Å². The lowest BCUT2D eigenvalue weighted by Gasteiger charge is -2.18. The Morgan fingerprint density at radius 1 is 1.41 bits per heavy atom. The summed E-state index contributed by atoms with van der Waals surface area (Å²) < 4.78 is 0. The quantitative estimate of drug-likeness (QED) is 0.922. The fourth-order valence-electron chi connectivity index (χ4n) is 4.14. The van der Waals surface area contributed by atoms with Crippen molar-refractivity contribution >= 4 is 11.6 Å². The zero-order chi connectivity index (χ0) is 15.0. The SMILES string of the molecule is CC(C)c1cc(C(=O)N2C[C@@H]3C(C4=NO[C@H]5C[C@@H]45)[C@@H]3C2)n[nH]1. The van der Waals surface area contributed by atoms with E-state index in [2.05, 4.69) is 29.2 Å². The fraction of sp³-hybridized carbons (Fsp3) is 0.688. The zero-order valence-corrected chi connectivity index (χ0v) is 12.8. The zero-order valence-electron chi connectivity index (χ0n) is 12.8. The van der Waals surface area contributed by atoms with Crippen LogP contribution in [0, 0.1) is 23.7 Å². The van der Waals surface area contributed by atoms with E-state index in [1.54, 1.807) is 0 Å². The van der Waals surface area contributed by atoms with Gasteiger partial charge in [0.2, 0.25) is 0 Å². The van der Waals surface area contributed by atoms with Crippen LogP contribution >= 0.6 is 0 Å². The molecule has 1 unspecified atom stereocenters. The molecule has 2 aliphatic heterocycles. The molecular formula is C16H20N4O2. The van der Waals surface area contributed by atoms with Crippen molar-refractivity contribution in [3.05, 3.63) is 17.5 Å². The number of H-pyrrole nitrogens is 1. The first-order chi connectivity index (χ1) is 10.6. The van der Waals surface area contributed by atoms with Crippen molar-refractivity contribution in [3.8, 4) is 0 Å². The Morgan fingerprint density at radius 3 is 2.73 bits per heavy atom. The average Bonchev–Trinajstić information content (AvgIpc) is 3.16. The number of rotatable bonds is 3. The maximum Gasteiger partial charge on any atom is 0.274 e. The van der Waals surface area contributed by atoms with Gasteiger partial charge in [-0.05, 0) is 30.2 Å². The van der Waals surface area contributed by atoms with E-state index in [9.17, 15) is 4.79 Å². The van der Waals surface area contributed by atoms with E-state index >= 15 is 0 Å². The lowest BCUT2D eigenvalue weighted by Crippen LogP contribution is -2.33. The number of fused-ring (bicyclic) bond motifs is 2. The molecular weight excluding hydrogens is 280 g/mol. The predicted molar refractivity (Wildman–Crippen MR) is 79.5 cm³/mol. The second-order valence-electron chi connectivity index (χ2n) is 7.43. The van der Waals surface area contributed by atoms with Crippen LogP contribution in [0.15, 0.2) is 11.2 Å². The third-order valence-corrected chi connectivity index (χ3v) is 5.67. The third-order valence-electron chi connectivity index (χ3n) is 5.67. The highest BCUT2D eigenvalue weighted by Gasteiger charge is 2.64. The highest BCUT2D eigenvalue weighted by Crippen LogP contribution is 2.58. The molecule has 2 saturated carbocycles. The maximum absolute atomic E-state index is 12.5. The van der Waals surface area contributed by atoms with Crippen LogP contribution in [0.1, 0.15) is 42.4 Å². The number of nitrogens with zero attached hydrogens (tertiary/aromatic N) is 3. The van der Waals surface area contributed by atoms with Crippen molar-refractivity contribution in [3.63, 3.8) is 0 Å². The Balaban J connectivity index is 1.25. The normalized spacial score (nSPS) is 37.7. The molecule has 1 N–H and O–H groups in total.